The van der Waals surface area contributed by atoms with Crippen molar-refractivity contribution in [3.05, 3.63) is 87.3 Å². The molecule has 2 aromatic heterocycles. The summed E-state index contributed by atoms with van der Waals surface area (Å²) in [5, 5.41) is 6.74. The average molecular weight is 446 g/mol. The number of alkyl halides is 3. The first-order chi connectivity index (χ1) is 15.1. The summed E-state index contributed by atoms with van der Waals surface area (Å²) in [6, 6.07) is 11.4. The minimum absolute atomic E-state index is 0.0362. The van der Waals surface area contributed by atoms with Crippen molar-refractivity contribution in [2.75, 3.05) is 5.32 Å². The van der Waals surface area contributed by atoms with Gasteiger partial charge in [0.2, 0.25) is 0 Å². The summed E-state index contributed by atoms with van der Waals surface area (Å²) in [5.41, 5.74) is -0.911. The lowest BCUT2D eigenvalue weighted by Crippen LogP contribution is -2.24. The average Bonchev–Trinajstić information content (AvgIpc) is 2.73. The smallest absolute Gasteiger partial charge is 0.406 e. The minimum Gasteiger partial charge on any atom is -0.406 e. The molecule has 0 aliphatic heterocycles. The predicted octanol–water partition coefficient (Wildman–Crippen LogP) is 3.87. The van der Waals surface area contributed by atoms with Crippen molar-refractivity contribution in [3.63, 3.8) is 0 Å². The van der Waals surface area contributed by atoms with Crippen molar-refractivity contribution in [2.45, 2.75) is 6.36 Å². The number of halogens is 4. The highest BCUT2D eigenvalue weighted by molar-refractivity contribution is 5.93. The van der Waals surface area contributed by atoms with E-state index in [0.29, 0.717) is 0 Å². The Bertz CT molecular complexity index is 1430. The Morgan fingerprint density at radius 3 is 2.38 bits per heavy atom. The fraction of sp³-hybridized carbons (Fsp3) is 0.0952. The van der Waals surface area contributed by atoms with E-state index in [2.05, 4.69) is 15.2 Å². The van der Waals surface area contributed by atoms with Gasteiger partial charge in [0.05, 0.1) is 16.5 Å². The summed E-state index contributed by atoms with van der Waals surface area (Å²) in [7, 11) is 1.53. The van der Waals surface area contributed by atoms with Crippen LogP contribution < -0.4 is 21.2 Å². The van der Waals surface area contributed by atoms with E-state index in [0.717, 1.165) is 22.9 Å². The summed E-state index contributed by atoms with van der Waals surface area (Å²) in [6.07, 6.45) is -3.33. The van der Waals surface area contributed by atoms with Crippen LogP contribution in [0.1, 0.15) is 0 Å². The van der Waals surface area contributed by atoms with E-state index in [1.807, 2.05) is 0 Å². The molecule has 4 rings (SSSR count). The zero-order chi connectivity index (χ0) is 23.0. The summed E-state index contributed by atoms with van der Waals surface area (Å²) in [6.45, 7) is 0. The van der Waals surface area contributed by atoms with E-state index >= 15 is 0 Å². The minimum atomic E-state index is -4.87. The van der Waals surface area contributed by atoms with Crippen LogP contribution >= 0.6 is 0 Å². The van der Waals surface area contributed by atoms with Gasteiger partial charge in [-0.2, -0.15) is 4.68 Å². The van der Waals surface area contributed by atoms with Crippen LogP contribution in [0.5, 0.6) is 5.75 Å². The maximum atomic E-state index is 14.6. The van der Waals surface area contributed by atoms with Crippen LogP contribution in [0.25, 0.3) is 16.5 Å². The van der Waals surface area contributed by atoms with Gasteiger partial charge in [-0.25, -0.2) is 4.39 Å². The Morgan fingerprint density at radius 1 is 0.969 bits per heavy atom. The molecule has 164 valence electrons. The van der Waals surface area contributed by atoms with Crippen LogP contribution in [0.2, 0.25) is 0 Å². The number of hydrogen-bond acceptors (Lipinski definition) is 5. The maximum absolute atomic E-state index is 14.6. The number of benzene rings is 2. The zero-order valence-electron chi connectivity index (χ0n) is 16.4. The molecule has 0 saturated carbocycles. The zero-order valence-corrected chi connectivity index (χ0v) is 16.4. The third kappa shape index (κ3) is 4.04. The highest BCUT2D eigenvalue weighted by atomic mass is 19.4. The molecule has 0 atom stereocenters. The fourth-order valence-electron chi connectivity index (χ4n) is 3.12. The van der Waals surface area contributed by atoms with E-state index in [4.69, 9.17) is 0 Å². The SMILES string of the molecule is Cn1cccc(Nc2nn(-c3ccc(OC(F)(F)F)cc3)c(=O)c3cccc(F)c23)c1=O. The molecular formula is C21H14F4N4O3. The number of fused-ring (bicyclic) bond motifs is 1. The Balaban J connectivity index is 1.88. The lowest BCUT2D eigenvalue weighted by molar-refractivity contribution is -0.274. The molecule has 0 radical (unpaired) electrons. The molecule has 2 aromatic carbocycles. The Labute approximate surface area is 177 Å². The standard InChI is InChI=1S/C21H14F4N4O3/c1-28-11-3-6-16(20(28)31)26-18-17-14(4-2-5-15(17)22)19(30)29(27-18)12-7-9-13(10-8-12)32-21(23,24)25/h2-11H,1H3,(H,26,27). The van der Waals surface area contributed by atoms with Gasteiger partial charge in [0.1, 0.15) is 17.3 Å². The van der Waals surface area contributed by atoms with E-state index < -0.39 is 29.0 Å². The van der Waals surface area contributed by atoms with Gasteiger partial charge in [-0.3, -0.25) is 9.59 Å². The Kier molecular flexibility index (Phi) is 5.17. The lowest BCUT2D eigenvalue weighted by Gasteiger charge is -2.14. The summed E-state index contributed by atoms with van der Waals surface area (Å²) in [5.74, 6) is -1.33. The highest BCUT2D eigenvalue weighted by Crippen LogP contribution is 2.26. The van der Waals surface area contributed by atoms with Crippen molar-refractivity contribution in [2.24, 2.45) is 7.05 Å². The number of ether oxygens (including phenoxy) is 1. The van der Waals surface area contributed by atoms with E-state index in [-0.39, 0.29) is 28.0 Å². The molecule has 7 nitrogen and oxygen atoms in total. The van der Waals surface area contributed by atoms with Crippen molar-refractivity contribution in [3.8, 4) is 11.4 Å². The van der Waals surface area contributed by atoms with Crippen LogP contribution in [0.4, 0.5) is 29.1 Å². The first-order valence-electron chi connectivity index (χ1n) is 9.14. The molecule has 11 heteroatoms. The summed E-state index contributed by atoms with van der Waals surface area (Å²) >= 11 is 0. The Hall–Kier alpha value is -4.15. The number of nitrogens with one attached hydrogen (secondary N) is 1. The highest BCUT2D eigenvalue weighted by Gasteiger charge is 2.31. The number of rotatable bonds is 4. The molecule has 0 aliphatic rings. The molecule has 0 fully saturated rings. The first kappa shape index (κ1) is 21.1. The lowest BCUT2D eigenvalue weighted by atomic mass is 10.1. The molecule has 2 heterocycles. The number of hydrogen-bond donors (Lipinski definition) is 1. The number of aromatic nitrogens is 3. The molecule has 0 saturated heterocycles. The molecule has 4 aromatic rings. The molecular weight excluding hydrogens is 432 g/mol. The van der Waals surface area contributed by atoms with Crippen molar-refractivity contribution in [1.82, 2.24) is 14.3 Å². The number of aryl methyl sites for hydroxylation is 1. The van der Waals surface area contributed by atoms with E-state index in [9.17, 15) is 27.2 Å². The summed E-state index contributed by atoms with van der Waals surface area (Å²) in [4.78, 5) is 25.3. The van der Waals surface area contributed by atoms with Crippen LogP contribution in [0.3, 0.4) is 0 Å². The molecule has 32 heavy (non-hydrogen) atoms. The second-order valence-corrected chi connectivity index (χ2v) is 6.73. The van der Waals surface area contributed by atoms with Gasteiger partial charge in [-0.15, -0.1) is 18.3 Å². The van der Waals surface area contributed by atoms with Crippen molar-refractivity contribution in [1.29, 1.82) is 0 Å². The largest absolute Gasteiger partial charge is 0.573 e. The normalized spacial score (nSPS) is 11.5. The van der Waals surface area contributed by atoms with Crippen LogP contribution in [-0.2, 0) is 7.05 Å². The third-order valence-electron chi connectivity index (χ3n) is 4.56. The number of anilines is 2. The molecule has 0 spiro atoms. The predicted molar refractivity (Wildman–Crippen MR) is 109 cm³/mol. The van der Waals surface area contributed by atoms with Gasteiger partial charge in [-0.05, 0) is 48.5 Å². The molecule has 0 bridgehead atoms. The summed E-state index contributed by atoms with van der Waals surface area (Å²) < 4.78 is 57.9. The van der Waals surface area contributed by atoms with Gasteiger partial charge in [0, 0.05) is 13.2 Å². The van der Waals surface area contributed by atoms with Gasteiger partial charge >= 0.3 is 6.36 Å². The van der Waals surface area contributed by atoms with Gasteiger partial charge in [0.15, 0.2) is 5.82 Å². The topological polar surface area (TPSA) is 78.2 Å². The van der Waals surface area contributed by atoms with Gasteiger partial charge in [0.25, 0.3) is 11.1 Å². The fourth-order valence-corrected chi connectivity index (χ4v) is 3.12. The Morgan fingerprint density at radius 2 is 1.69 bits per heavy atom. The van der Waals surface area contributed by atoms with Gasteiger partial charge < -0.3 is 14.6 Å². The van der Waals surface area contributed by atoms with E-state index in [1.165, 1.54) is 48.1 Å². The third-order valence-corrected chi connectivity index (χ3v) is 4.56. The molecule has 0 amide bonds. The van der Waals surface area contributed by atoms with Crippen LogP contribution in [0.15, 0.2) is 70.4 Å². The second kappa shape index (κ2) is 7.84. The van der Waals surface area contributed by atoms with Gasteiger partial charge in [-0.1, -0.05) is 6.07 Å². The monoisotopic (exact) mass is 446 g/mol. The number of pyridine rings is 1. The van der Waals surface area contributed by atoms with Crippen LogP contribution in [0, 0.1) is 5.82 Å². The molecule has 1 N–H and O–H groups in total. The molecule has 0 unspecified atom stereocenters. The number of nitrogens with zero attached hydrogens (tertiary/aromatic N) is 3. The second-order valence-electron chi connectivity index (χ2n) is 6.73. The molecule has 0 aliphatic carbocycles. The van der Waals surface area contributed by atoms with Crippen molar-refractivity contribution < 1.29 is 22.3 Å². The van der Waals surface area contributed by atoms with E-state index in [1.54, 1.807) is 6.07 Å². The van der Waals surface area contributed by atoms with Crippen LogP contribution in [-0.4, -0.2) is 20.7 Å². The van der Waals surface area contributed by atoms with Crippen molar-refractivity contribution >= 4 is 22.3 Å². The first-order valence-corrected chi connectivity index (χ1v) is 9.14. The maximum Gasteiger partial charge on any atom is 0.573 e. The quantitative estimate of drug-likeness (QED) is 0.482.